The average molecular weight is 569 g/mol. The van der Waals surface area contributed by atoms with Crippen LogP contribution < -0.4 is 10.6 Å². The monoisotopic (exact) mass is 568 g/mol. The lowest BCUT2D eigenvalue weighted by molar-refractivity contribution is -0.116. The molecule has 0 bridgehead atoms. The number of aromatic nitrogens is 4. The van der Waals surface area contributed by atoms with E-state index in [0.29, 0.717) is 32.5 Å². The van der Waals surface area contributed by atoms with Gasteiger partial charge in [-0.2, -0.15) is 10.5 Å². The van der Waals surface area contributed by atoms with Gasteiger partial charge in [-0.05, 0) is 42.5 Å². The van der Waals surface area contributed by atoms with Crippen molar-refractivity contribution < 1.29 is 9.59 Å². The molecule has 0 aliphatic heterocycles. The molecule has 2 heterocycles. The molecule has 200 valence electrons. The van der Waals surface area contributed by atoms with Crippen molar-refractivity contribution in [2.75, 3.05) is 10.6 Å². The first-order valence-corrected chi connectivity index (χ1v) is 14.4. The molecule has 1 aliphatic rings. The molecule has 0 spiro atoms. The maximum Gasteiger partial charge on any atom is 0.230 e. The second kappa shape index (κ2) is 12.6. The van der Waals surface area contributed by atoms with E-state index in [2.05, 4.69) is 43.2 Å². The van der Waals surface area contributed by atoms with Crippen LogP contribution in [0, 0.1) is 22.7 Å². The van der Waals surface area contributed by atoms with Crippen molar-refractivity contribution in [3.05, 3.63) is 80.8 Å². The predicted molar refractivity (Wildman–Crippen MR) is 151 cm³/mol. The lowest BCUT2D eigenvalue weighted by atomic mass is 9.82. The van der Waals surface area contributed by atoms with Gasteiger partial charge in [0.05, 0.1) is 36.1 Å². The second-order valence-electron chi connectivity index (χ2n) is 9.44. The Labute approximate surface area is 238 Å². The maximum absolute atomic E-state index is 12.5. The molecule has 2 amide bonds. The van der Waals surface area contributed by atoms with Gasteiger partial charge in [-0.3, -0.25) is 9.59 Å². The third-order valence-corrected chi connectivity index (χ3v) is 8.73. The number of nitrogens with one attached hydrogen (secondary N) is 2. The average Bonchev–Trinajstić information content (AvgIpc) is 3.63. The highest BCUT2D eigenvalue weighted by molar-refractivity contribution is 7.15. The topological polar surface area (TPSA) is 157 Å². The highest BCUT2D eigenvalue weighted by Gasteiger charge is 2.29. The largest absolute Gasteiger partial charge is 0.300 e. The maximum atomic E-state index is 12.5. The quantitative estimate of drug-likeness (QED) is 0.303. The van der Waals surface area contributed by atoms with Crippen LogP contribution in [0.5, 0.6) is 0 Å². The Kier molecular flexibility index (Phi) is 8.50. The number of amides is 2. The first-order valence-electron chi connectivity index (χ1n) is 12.7. The van der Waals surface area contributed by atoms with Gasteiger partial charge in [-0.25, -0.2) is 0 Å². The van der Waals surface area contributed by atoms with E-state index < -0.39 is 0 Å². The third-order valence-electron chi connectivity index (χ3n) is 6.72. The Bertz CT molecular complexity index is 1500. The Morgan fingerprint density at radius 1 is 0.750 bits per heavy atom. The molecule has 5 rings (SSSR count). The minimum Gasteiger partial charge on any atom is -0.300 e. The fourth-order valence-corrected chi connectivity index (χ4v) is 6.59. The van der Waals surface area contributed by atoms with Gasteiger partial charge in [-0.1, -0.05) is 65.5 Å². The lowest BCUT2D eigenvalue weighted by Gasteiger charge is -2.25. The van der Waals surface area contributed by atoms with Gasteiger partial charge >= 0.3 is 0 Å². The highest BCUT2D eigenvalue weighted by Crippen LogP contribution is 2.43. The standard InChI is InChI=1S/C28H24N8O2S2/c29-15-21-8-3-1-6-17(21)13-23(37)31-27-35-33-25(39-27)19-10-5-11-20(12-19)26-34-36-28(40-26)32-24(38)14-18-7-2-4-9-22(18)16-30/h1-4,6-9,19-20H,5,10-14H2,(H,31,35,37)(H,32,36,38)/t19-,20-/m1/s1. The Hall–Kier alpha value is -4.52. The fraction of sp³-hybridized carbons (Fsp3) is 0.286. The number of hydrogen-bond donors (Lipinski definition) is 2. The zero-order chi connectivity index (χ0) is 27.9. The van der Waals surface area contributed by atoms with E-state index in [9.17, 15) is 20.1 Å². The van der Waals surface area contributed by atoms with E-state index in [1.165, 1.54) is 22.7 Å². The first kappa shape index (κ1) is 27.1. The molecule has 1 aliphatic carbocycles. The Morgan fingerprint density at radius 3 is 1.65 bits per heavy atom. The SMILES string of the molecule is N#Cc1ccccc1CC(=O)Nc1nnc([C@@H]2CCC[C@@H](c3nnc(NC(=O)Cc4ccccc4C#N)s3)C2)s1. The zero-order valence-electron chi connectivity index (χ0n) is 21.3. The number of benzene rings is 2. The van der Waals surface area contributed by atoms with E-state index in [1.54, 1.807) is 48.5 Å². The van der Waals surface area contributed by atoms with Gasteiger partial charge in [0.15, 0.2) is 0 Å². The van der Waals surface area contributed by atoms with Gasteiger partial charge in [-0.15, -0.1) is 20.4 Å². The van der Waals surface area contributed by atoms with Gasteiger partial charge in [0.2, 0.25) is 22.1 Å². The van der Waals surface area contributed by atoms with Gasteiger partial charge in [0.25, 0.3) is 0 Å². The number of nitriles is 2. The molecule has 0 radical (unpaired) electrons. The van der Waals surface area contributed by atoms with Crippen molar-refractivity contribution in [1.82, 2.24) is 20.4 Å². The summed E-state index contributed by atoms with van der Waals surface area (Å²) in [5, 5.41) is 43.8. The van der Waals surface area contributed by atoms with E-state index >= 15 is 0 Å². The van der Waals surface area contributed by atoms with Crippen LogP contribution in [0.25, 0.3) is 0 Å². The smallest absolute Gasteiger partial charge is 0.230 e. The van der Waals surface area contributed by atoms with Crippen molar-refractivity contribution in [3.8, 4) is 12.1 Å². The molecule has 2 atom stereocenters. The van der Waals surface area contributed by atoms with Crippen LogP contribution in [0.15, 0.2) is 48.5 Å². The summed E-state index contributed by atoms with van der Waals surface area (Å²) < 4.78 is 0. The first-order chi connectivity index (χ1) is 19.5. The van der Waals surface area contributed by atoms with Crippen molar-refractivity contribution in [2.45, 2.75) is 50.4 Å². The molecular formula is C28H24N8O2S2. The summed E-state index contributed by atoms with van der Waals surface area (Å²) in [5.74, 6) is -0.116. The summed E-state index contributed by atoms with van der Waals surface area (Å²) in [6.07, 6.45) is 3.93. The number of carbonyl (C=O) groups is 2. The molecule has 12 heteroatoms. The van der Waals surface area contributed by atoms with E-state index in [0.717, 1.165) is 35.7 Å². The summed E-state index contributed by atoms with van der Waals surface area (Å²) >= 11 is 2.74. The number of nitrogens with zero attached hydrogens (tertiary/aromatic N) is 6. The Balaban J connectivity index is 1.17. The molecule has 0 saturated heterocycles. The van der Waals surface area contributed by atoms with Crippen LogP contribution >= 0.6 is 22.7 Å². The highest BCUT2D eigenvalue weighted by atomic mass is 32.1. The van der Waals surface area contributed by atoms with Crippen molar-refractivity contribution >= 4 is 44.8 Å². The molecule has 4 aromatic rings. The van der Waals surface area contributed by atoms with Gasteiger partial charge < -0.3 is 10.6 Å². The number of hydrogen-bond acceptors (Lipinski definition) is 10. The van der Waals surface area contributed by atoms with E-state index in [4.69, 9.17) is 0 Å². The summed E-state index contributed by atoms with van der Waals surface area (Å²) in [5.41, 5.74) is 2.30. The molecule has 2 N–H and O–H groups in total. The molecule has 2 aromatic carbocycles. The van der Waals surface area contributed by atoms with Crippen molar-refractivity contribution in [3.63, 3.8) is 0 Å². The van der Waals surface area contributed by atoms with Crippen molar-refractivity contribution in [1.29, 1.82) is 10.5 Å². The molecule has 10 nitrogen and oxygen atoms in total. The van der Waals surface area contributed by atoms with Crippen molar-refractivity contribution in [2.24, 2.45) is 0 Å². The number of rotatable bonds is 8. The Morgan fingerprint density at radius 2 is 1.20 bits per heavy atom. The van der Waals surface area contributed by atoms with Crippen LogP contribution in [0.4, 0.5) is 10.3 Å². The lowest BCUT2D eigenvalue weighted by Crippen LogP contribution is -2.15. The van der Waals surface area contributed by atoms with Crippen LogP contribution in [-0.2, 0) is 22.4 Å². The molecule has 1 fully saturated rings. The second-order valence-corrected chi connectivity index (χ2v) is 11.5. The zero-order valence-corrected chi connectivity index (χ0v) is 23.0. The van der Waals surface area contributed by atoms with E-state index in [-0.39, 0.29) is 36.5 Å². The van der Waals surface area contributed by atoms with E-state index in [1.807, 2.05) is 0 Å². The number of anilines is 2. The summed E-state index contributed by atoms with van der Waals surface area (Å²) in [6, 6.07) is 18.3. The molecular weight excluding hydrogens is 544 g/mol. The van der Waals surface area contributed by atoms with Crippen LogP contribution in [0.3, 0.4) is 0 Å². The summed E-state index contributed by atoms with van der Waals surface area (Å²) in [7, 11) is 0. The minimum atomic E-state index is -0.244. The fourth-order valence-electron chi connectivity index (χ4n) is 4.78. The third kappa shape index (κ3) is 6.54. The van der Waals surface area contributed by atoms with Crippen LogP contribution in [0.1, 0.15) is 69.8 Å². The van der Waals surface area contributed by atoms with Crippen LogP contribution in [0.2, 0.25) is 0 Å². The van der Waals surface area contributed by atoms with Crippen LogP contribution in [-0.4, -0.2) is 32.2 Å². The normalized spacial score (nSPS) is 16.4. The molecule has 1 saturated carbocycles. The van der Waals surface area contributed by atoms with Gasteiger partial charge in [0, 0.05) is 11.8 Å². The predicted octanol–water partition coefficient (Wildman–Crippen LogP) is 4.94. The molecule has 40 heavy (non-hydrogen) atoms. The summed E-state index contributed by atoms with van der Waals surface area (Å²) in [6.45, 7) is 0. The minimum absolute atomic E-state index is 0.0882. The van der Waals surface area contributed by atoms with Gasteiger partial charge in [0.1, 0.15) is 10.0 Å². The number of carbonyl (C=O) groups excluding carboxylic acids is 2. The molecule has 0 unspecified atom stereocenters. The molecule has 2 aromatic heterocycles. The summed E-state index contributed by atoms with van der Waals surface area (Å²) in [4.78, 5) is 25.1.